The van der Waals surface area contributed by atoms with Crippen molar-refractivity contribution >= 4 is 13.8 Å². The van der Waals surface area contributed by atoms with Gasteiger partial charge in [0.05, 0.1) is 34.4 Å². The monoisotopic (exact) mass is 541 g/mol. The van der Waals surface area contributed by atoms with E-state index in [1.807, 2.05) is 33.3 Å². The van der Waals surface area contributed by atoms with Crippen LogP contribution in [-0.2, 0) is 23.1 Å². The standard InChI is InChI=1S/C28H48NO7P/c1-5-6-7-8-9-10-11-12-13-14-15-16-17-18-19-20-21-22-28(31)36-27(25-30)26-35-37(32,33)34-24-23-29(2,3)4/h6-7,9-10,12-13,15-16,18-19,27,30H,5,8,11,14,17,20-26H2,1-4H3/b7-6+,10-9+,13-12+,16-15+,19-18+. The normalized spacial score (nSPS) is 15.5. The average Bonchev–Trinajstić information content (AvgIpc) is 2.82. The number of quaternary nitrogens is 1. The van der Waals surface area contributed by atoms with Crippen LogP contribution in [0.25, 0.3) is 0 Å². The van der Waals surface area contributed by atoms with Gasteiger partial charge < -0.3 is 28.3 Å². The summed E-state index contributed by atoms with van der Waals surface area (Å²) in [6, 6.07) is 0. The van der Waals surface area contributed by atoms with Crippen molar-refractivity contribution in [2.45, 2.75) is 64.4 Å². The molecular weight excluding hydrogens is 493 g/mol. The second kappa shape index (κ2) is 22.2. The zero-order valence-corrected chi connectivity index (χ0v) is 24.0. The lowest BCUT2D eigenvalue weighted by Gasteiger charge is -2.28. The lowest BCUT2D eigenvalue weighted by molar-refractivity contribution is -0.870. The fraction of sp³-hybridized carbons (Fsp3) is 0.607. The van der Waals surface area contributed by atoms with Gasteiger partial charge in [-0.3, -0.25) is 9.36 Å². The van der Waals surface area contributed by atoms with Crippen molar-refractivity contribution in [2.24, 2.45) is 0 Å². The number of phosphoric acid groups is 1. The number of aliphatic hydroxyl groups is 1. The first kappa shape index (κ1) is 35.2. The molecule has 0 aliphatic rings. The van der Waals surface area contributed by atoms with E-state index >= 15 is 0 Å². The lowest BCUT2D eigenvalue weighted by Crippen LogP contribution is -2.37. The van der Waals surface area contributed by atoms with Crippen molar-refractivity contribution in [3.63, 3.8) is 0 Å². The SMILES string of the molecule is CC/C=C/C/C=C/C/C=C/C/C=C/C/C=C/CCCC(=O)OC(CO)COP(=O)([O-])OCC[N+](C)(C)C. The molecule has 0 fully saturated rings. The lowest BCUT2D eigenvalue weighted by atomic mass is 10.2. The molecule has 9 heteroatoms. The molecule has 0 radical (unpaired) electrons. The van der Waals surface area contributed by atoms with E-state index in [1.165, 1.54) is 0 Å². The van der Waals surface area contributed by atoms with Crippen LogP contribution in [0.5, 0.6) is 0 Å². The second-order valence-corrected chi connectivity index (χ2v) is 10.9. The molecule has 212 valence electrons. The van der Waals surface area contributed by atoms with Crippen LogP contribution in [0.15, 0.2) is 60.8 Å². The van der Waals surface area contributed by atoms with E-state index < -0.39 is 33.1 Å². The van der Waals surface area contributed by atoms with Crippen LogP contribution in [0.1, 0.15) is 58.3 Å². The molecular formula is C28H48NO7P. The van der Waals surface area contributed by atoms with E-state index in [2.05, 4.69) is 55.5 Å². The highest BCUT2D eigenvalue weighted by Crippen LogP contribution is 2.38. The van der Waals surface area contributed by atoms with E-state index in [0.717, 1.165) is 38.5 Å². The molecule has 0 aliphatic heterocycles. The minimum Gasteiger partial charge on any atom is -0.756 e. The van der Waals surface area contributed by atoms with Gasteiger partial charge in [-0.1, -0.05) is 67.7 Å². The summed E-state index contributed by atoms with van der Waals surface area (Å²) in [5.41, 5.74) is 0. The number of carbonyl (C=O) groups is 1. The van der Waals surface area contributed by atoms with Crippen LogP contribution in [0, 0.1) is 0 Å². The van der Waals surface area contributed by atoms with Gasteiger partial charge in [-0.2, -0.15) is 0 Å². The van der Waals surface area contributed by atoms with Crippen LogP contribution in [-0.4, -0.2) is 69.2 Å². The van der Waals surface area contributed by atoms with Gasteiger partial charge in [-0.25, -0.2) is 0 Å². The van der Waals surface area contributed by atoms with E-state index in [-0.39, 0.29) is 13.0 Å². The fourth-order valence-corrected chi connectivity index (χ4v) is 3.47. The number of nitrogens with zero attached hydrogens (tertiary/aromatic N) is 1. The number of likely N-dealkylation sites (N-methyl/N-ethyl adjacent to an activating group) is 1. The van der Waals surface area contributed by atoms with E-state index in [9.17, 15) is 19.4 Å². The summed E-state index contributed by atoms with van der Waals surface area (Å²) in [6.45, 7) is 1.56. The van der Waals surface area contributed by atoms with Gasteiger partial charge >= 0.3 is 5.97 Å². The number of unbranched alkanes of at least 4 members (excludes halogenated alkanes) is 1. The molecule has 0 aliphatic carbocycles. The van der Waals surface area contributed by atoms with Gasteiger partial charge in [0, 0.05) is 6.42 Å². The largest absolute Gasteiger partial charge is 0.756 e. The Morgan fingerprint density at radius 1 is 0.892 bits per heavy atom. The maximum atomic E-state index is 12.0. The van der Waals surface area contributed by atoms with E-state index in [0.29, 0.717) is 17.4 Å². The first-order valence-corrected chi connectivity index (χ1v) is 14.5. The van der Waals surface area contributed by atoms with Crippen molar-refractivity contribution in [1.82, 2.24) is 0 Å². The van der Waals surface area contributed by atoms with Crippen molar-refractivity contribution in [1.29, 1.82) is 0 Å². The van der Waals surface area contributed by atoms with Crippen LogP contribution >= 0.6 is 7.82 Å². The van der Waals surface area contributed by atoms with Crippen molar-refractivity contribution in [2.75, 3.05) is 47.5 Å². The molecule has 0 saturated heterocycles. The van der Waals surface area contributed by atoms with Gasteiger partial charge in [0.2, 0.25) is 0 Å². The molecule has 1 N–H and O–H groups in total. The molecule has 0 heterocycles. The zero-order chi connectivity index (χ0) is 27.8. The molecule has 0 aromatic rings. The Morgan fingerprint density at radius 3 is 1.89 bits per heavy atom. The van der Waals surface area contributed by atoms with E-state index in [1.54, 1.807) is 0 Å². The molecule has 2 unspecified atom stereocenters. The molecule has 0 aromatic carbocycles. The number of aliphatic hydroxyl groups excluding tert-OH is 1. The number of phosphoric ester groups is 1. The highest BCUT2D eigenvalue weighted by molar-refractivity contribution is 7.45. The Kier molecular flexibility index (Phi) is 21.1. The molecule has 0 aromatic heterocycles. The second-order valence-electron chi connectivity index (χ2n) is 9.48. The summed E-state index contributed by atoms with van der Waals surface area (Å²) in [7, 11) is 1.19. The molecule has 0 saturated carbocycles. The third-order valence-corrected chi connectivity index (χ3v) is 5.81. The Labute approximate surface area is 224 Å². The van der Waals surface area contributed by atoms with Crippen LogP contribution in [0.4, 0.5) is 0 Å². The van der Waals surface area contributed by atoms with Crippen LogP contribution < -0.4 is 4.89 Å². The maximum absolute atomic E-state index is 12.0. The molecule has 0 spiro atoms. The summed E-state index contributed by atoms with van der Waals surface area (Å²) in [6.07, 6.45) is 26.5. The summed E-state index contributed by atoms with van der Waals surface area (Å²) in [5.74, 6) is -0.512. The predicted octanol–water partition coefficient (Wildman–Crippen LogP) is 5.02. The van der Waals surface area contributed by atoms with Crippen molar-refractivity contribution in [3.05, 3.63) is 60.8 Å². The summed E-state index contributed by atoms with van der Waals surface area (Å²) < 4.78 is 27.0. The Balaban J connectivity index is 3.94. The molecule has 0 amide bonds. The number of hydrogen-bond acceptors (Lipinski definition) is 7. The predicted molar refractivity (Wildman–Crippen MR) is 148 cm³/mol. The minimum absolute atomic E-state index is 0.0241. The van der Waals surface area contributed by atoms with Gasteiger partial charge in [0.25, 0.3) is 7.82 Å². The van der Waals surface area contributed by atoms with Crippen LogP contribution in [0.3, 0.4) is 0 Å². The Morgan fingerprint density at radius 2 is 1.41 bits per heavy atom. The number of allylic oxidation sites excluding steroid dienone is 10. The van der Waals surface area contributed by atoms with Gasteiger partial charge in [0.15, 0.2) is 0 Å². The first-order valence-electron chi connectivity index (χ1n) is 13.1. The van der Waals surface area contributed by atoms with E-state index in [4.69, 9.17) is 13.8 Å². The minimum atomic E-state index is -4.53. The molecule has 2 atom stereocenters. The third-order valence-electron chi connectivity index (χ3n) is 4.84. The van der Waals surface area contributed by atoms with Gasteiger partial charge in [-0.05, 0) is 44.9 Å². The molecule has 0 rings (SSSR count). The smallest absolute Gasteiger partial charge is 0.306 e. The Hall–Kier alpha value is -1.80. The number of rotatable bonds is 22. The summed E-state index contributed by atoms with van der Waals surface area (Å²) in [5, 5.41) is 9.36. The highest BCUT2D eigenvalue weighted by atomic mass is 31.2. The summed E-state index contributed by atoms with van der Waals surface area (Å²) >= 11 is 0. The van der Waals surface area contributed by atoms with Crippen molar-refractivity contribution in [3.8, 4) is 0 Å². The number of esters is 1. The third kappa shape index (κ3) is 25.6. The average molecular weight is 542 g/mol. The fourth-order valence-electron chi connectivity index (χ4n) is 2.74. The summed E-state index contributed by atoms with van der Waals surface area (Å²) in [4.78, 5) is 23.8. The van der Waals surface area contributed by atoms with Crippen LogP contribution in [0.2, 0.25) is 0 Å². The number of carbonyl (C=O) groups excluding carboxylic acids is 1. The first-order chi connectivity index (χ1) is 17.6. The molecule has 8 nitrogen and oxygen atoms in total. The highest BCUT2D eigenvalue weighted by Gasteiger charge is 2.19. The Bertz CT molecular complexity index is 782. The topological polar surface area (TPSA) is 105 Å². The molecule has 37 heavy (non-hydrogen) atoms. The number of hydrogen-bond donors (Lipinski definition) is 1. The van der Waals surface area contributed by atoms with Gasteiger partial charge in [0.1, 0.15) is 19.3 Å². The zero-order valence-electron chi connectivity index (χ0n) is 23.1. The quantitative estimate of drug-likeness (QED) is 0.0675. The van der Waals surface area contributed by atoms with Gasteiger partial charge in [-0.15, -0.1) is 0 Å². The number of ether oxygens (including phenoxy) is 1. The molecule has 0 bridgehead atoms. The van der Waals surface area contributed by atoms with Crippen molar-refractivity contribution < 1.29 is 37.6 Å². The maximum Gasteiger partial charge on any atom is 0.306 e.